The monoisotopic (exact) mass is 317 g/mol. The van der Waals surface area contributed by atoms with Crippen molar-refractivity contribution in [2.24, 2.45) is 13.0 Å². The first-order valence-corrected chi connectivity index (χ1v) is 7.59. The Kier molecular flexibility index (Phi) is 5.70. The Bertz CT molecular complexity index is 626. The predicted octanol–water partition coefficient (Wildman–Crippen LogP) is 1.54. The number of carbonyl (C=O) groups is 1. The second-order valence-corrected chi connectivity index (χ2v) is 5.79. The smallest absolute Gasteiger partial charge is 0.315 e. The Hall–Kier alpha value is -2.41. The number of urea groups is 1. The van der Waals surface area contributed by atoms with Crippen LogP contribution in [0.3, 0.4) is 0 Å². The maximum absolute atomic E-state index is 12.1. The highest BCUT2D eigenvalue weighted by atomic mass is 16.3. The van der Waals surface area contributed by atoms with Crippen LogP contribution in [-0.2, 0) is 7.05 Å². The molecular formula is C16H23N5O2. The minimum Gasteiger partial charge on any atom is -0.386 e. The van der Waals surface area contributed by atoms with Gasteiger partial charge in [0.05, 0.1) is 24.0 Å². The third kappa shape index (κ3) is 4.79. The normalized spacial score (nSPS) is 13.6. The summed E-state index contributed by atoms with van der Waals surface area (Å²) in [5, 5.41) is 19.6. The summed E-state index contributed by atoms with van der Waals surface area (Å²) in [6.07, 6.45) is 4.21. The molecule has 2 amide bonds. The number of hydrogen-bond acceptors (Lipinski definition) is 4. The van der Waals surface area contributed by atoms with E-state index in [-0.39, 0.29) is 24.5 Å². The van der Waals surface area contributed by atoms with Gasteiger partial charge in [0, 0.05) is 31.5 Å². The number of aromatic nitrogens is 3. The standard InChI is InChI=1S/C16H23N5O2/c1-11(2)15(13-6-4-5-7-17-13)20-16(23)18-9-14(22)12-8-19-21(3)10-12/h4-8,10-11,14-15,22H,9H2,1-3H3,(H2,18,20,23). The molecule has 0 bridgehead atoms. The third-order valence-corrected chi connectivity index (χ3v) is 3.53. The second kappa shape index (κ2) is 7.73. The van der Waals surface area contributed by atoms with E-state index in [1.54, 1.807) is 30.3 Å². The van der Waals surface area contributed by atoms with Gasteiger partial charge >= 0.3 is 6.03 Å². The van der Waals surface area contributed by atoms with E-state index in [4.69, 9.17) is 0 Å². The Morgan fingerprint density at radius 1 is 1.39 bits per heavy atom. The number of pyridine rings is 1. The largest absolute Gasteiger partial charge is 0.386 e. The third-order valence-electron chi connectivity index (χ3n) is 3.53. The number of nitrogens with zero attached hydrogens (tertiary/aromatic N) is 3. The van der Waals surface area contributed by atoms with Gasteiger partial charge in [0.2, 0.25) is 0 Å². The Morgan fingerprint density at radius 3 is 2.74 bits per heavy atom. The van der Waals surface area contributed by atoms with Gasteiger partial charge in [0.25, 0.3) is 0 Å². The fourth-order valence-electron chi connectivity index (χ4n) is 2.25. The van der Waals surface area contributed by atoms with Crippen LogP contribution in [0.25, 0.3) is 0 Å². The molecule has 124 valence electrons. The number of aryl methyl sites for hydroxylation is 1. The van der Waals surface area contributed by atoms with Crippen LogP contribution < -0.4 is 10.6 Å². The summed E-state index contributed by atoms with van der Waals surface area (Å²) in [6.45, 7) is 4.15. The average Bonchev–Trinajstić information content (AvgIpc) is 2.97. The zero-order valence-corrected chi connectivity index (χ0v) is 13.6. The molecule has 23 heavy (non-hydrogen) atoms. The molecule has 0 aliphatic heterocycles. The van der Waals surface area contributed by atoms with Gasteiger partial charge in [-0.05, 0) is 18.1 Å². The first-order valence-electron chi connectivity index (χ1n) is 7.59. The van der Waals surface area contributed by atoms with E-state index in [0.717, 1.165) is 5.69 Å². The van der Waals surface area contributed by atoms with Crippen molar-refractivity contribution in [2.75, 3.05) is 6.54 Å². The van der Waals surface area contributed by atoms with Gasteiger partial charge in [-0.3, -0.25) is 9.67 Å². The summed E-state index contributed by atoms with van der Waals surface area (Å²) in [6, 6.07) is 5.09. The van der Waals surface area contributed by atoms with Crippen LogP contribution in [-0.4, -0.2) is 32.4 Å². The first kappa shape index (κ1) is 17.0. The summed E-state index contributed by atoms with van der Waals surface area (Å²) in [5.74, 6) is 0.193. The summed E-state index contributed by atoms with van der Waals surface area (Å²) in [5.41, 5.74) is 1.48. The van der Waals surface area contributed by atoms with Crippen molar-refractivity contribution in [3.05, 3.63) is 48.0 Å². The number of hydrogen-bond donors (Lipinski definition) is 3. The predicted molar refractivity (Wildman–Crippen MR) is 86.5 cm³/mol. The highest BCUT2D eigenvalue weighted by Crippen LogP contribution is 2.19. The number of aliphatic hydroxyl groups is 1. The SMILES string of the molecule is CC(C)C(NC(=O)NCC(O)c1cnn(C)c1)c1ccccn1. The second-order valence-electron chi connectivity index (χ2n) is 5.79. The lowest BCUT2D eigenvalue weighted by molar-refractivity contribution is 0.172. The van der Waals surface area contributed by atoms with Crippen LogP contribution >= 0.6 is 0 Å². The van der Waals surface area contributed by atoms with Gasteiger partial charge in [0.15, 0.2) is 0 Å². The van der Waals surface area contributed by atoms with E-state index in [1.807, 2.05) is 32.0 Å². The van der Waals surface area contributed by atoms with E-state index in [1.165, 1.54) is 0 Å². The molecular weight excluding hydrogens is 294 g/mol. The first-order chi connectivity index (χ1) is 11.0. The Labute approximate surface area is 135 Å². The van der Waals surface area contributed by atoms with Crippen LogP contribution in [0.1, 0.15) is 37.3 Å². The topological polar surface area (TPSA) is 92.1 Å². The molecule has 2 aromatic rings. The van der Waals surface area contributed by atoms with Crippen molar-refractivity contribution in [2.45, 2.75) is 26.0 Å². The van der Waals surface area contributed by atoms with Crippen LogP contribution in [0.2, 0.25) is 0 Å². The molecule has 0 fully saturated rings. The highest BCUT2D eigenvalue weighted by Gasteiger charge is 2.20. The van der Waals surface area contributed by atoms with Crippen molar-refractivity contribution >= 4 is 6.03 Å². The molecule has 2 unspecified atom stereocenters. The molecule has 2 heterocycles. The number of rotatable bonds is 6. The van der Waals surface area contributed by atoms with E-state index < -0.39 is 6.10 Å². The zero-order valence-electron chi connectivity index (χ0n) is 13.6. The maximum Gasteiger partial charge on any atom is 0.315 e. The summed E-state index contributed by atoms with van der Waals surface area (Å²) in [7, 11) is 1.77. The van der Waals surface area contributed by atoms with Gasteiger partial charge in [-0.15, -0.1) is 0 Å². The lowest BCUT2D eigenvalue weighted by Crippen LogP contribution is -2.41. The average molecular weight is 317 g/mol. The summed E-state index contributed by atoms with van der Waals surface area (Å²) < 4.78 is 1.61. The number of carbonyl (C=O) groups excluding carboxylic acids is 1. The van der Waals surface area contributed by atoms with Gasteiger partial charge in [-0.1, -0.05) is 19.9 Å². The van der Waals surface area contributed by atoms with Crippen LogP contribution in [0.4, 0.5) is 4.79 Å². The van der Waals surface area contributed by atoms with E-state index in [2.05, 4.69) is 20.7 Å². The van der Waals surface area contributed by atoms with Gasteiger partial charge in [0.1, 0.15) is 0 Å². The Balaban J connectivity index is 1.90. The zero-order chi connectivity index (χ0) is 16.8. The van der Waals surface area contributed by atoms with Gasteiger partial charge in [-0.25, -0.2) is 4.79 Å². The van der Waals surface area contributed by atoms with Crippen LogP contribution in [0.15, 0.2) is 36.8 Å². The quantitative estimate of drug-likeness (QED) is 0.753. The molecule has 2 atom stereocenters. The van der Waals surface area contributed by atoms with E-state index >= 15 is 0 Å². The van der Waals surface area contributed by atoms with Crippen molar-refractivity contribution in [1.29, 1.82) is 0 Å². The summed E-state index contributed by atoms with van der Waals surface area (Å²) in [4.78, 5) is 16.4. The molecule has 0 aromatic carbocycles. The molecule has 7 heteroatoms. The minimum absolute atomic E-state index is 0.116. The maximum atomic E-state index is 12.1. The number of aliphatic hydroxyl groups excluding tert-OH is 1. The molecule has 7 nitrogen and oxygen atoms in total. The Morgan fingerprint density at radius 2 is 2.17 bits per heavy atom. The molecule has 3 N–H and O–H groups in total. The van der Waals surface area contributed by atoms with Crippen molar-refractivity contribution in [3.8, 4) is 0 Å². The lowest BCUT2D eigenvalue weighted by atomic mass is 10.0. The van der Waals surface area contributed by atoms with Crippen LogP contribution in [0.5, 0.6) is 0 Å². The van der Waals surface area contributed by atoms with E-state index in [9.17, 15) is 9.90 Å². The molecule has 0 aliphatic carbocycles. The van der Waals surface area contributed by atoms with Crippen molar-refractivity contribution in [1.82, 2.24) is 25.4 Å². The van der Waals surface area contributed by atoms with Gasteiger partial charge < -0.3 is 15.7 Å². The number of nitrogens with one attached hydrogen (secondary N) is 2. The summed E-state index contributed by atoms with van der Waals surface area (Å²) >= 11 is 0. The number of amides is 2. The molecule has 0 aliphatic rings. The molecule has 0 spiro atoms. The fraction of sp³-hybridized carbons (Fsp3) is 0.438. The molecule has 2 rings (SSSR count). The molecule has 0 saturated heterocycles. The fourth-order valence-corrected chi connectivity index (χ4v) is 2.25. The minimum atomic E-state index is -0.790. The van der Waals surface area contributed by atoms with E-state index in [0.29, 0.717) is 5.56 Å². The van der Waals surface area contributed by atoms with Crippen molar-refractivity contribution in [3.63, 3.8) is 0 Å². The lowest BCUT2D eigenvalue weighted by Gasteiger charge is -2.22. The van der Waals surface area contributed by atoms with Gasteiger partial charge in [-0.2, -0.15) is 5.10 Å². The van der Waals surface area contributed by atoms with Crippen LogP contribution in [0, 0.1) is 5.92 Å². The molecule has 0 radical (unpaired) electrons. The molecule has 2 aromatic heterocycles. The molecule has 0 saturated carbocycles. The van der Waals surface area contributed by atoms with Crippen molar-refractivity contribution < 1.29 is 9.90 Å². The highest BCUT2D eigenvalue weighted by molar-refractivity contribution is 5.74.